The van der Waals surface area contributed by atoms with Gasteiger partial charge in [0.05, 0.1) is 6.61 Å². The predicted molar refractivity (Wildman–Crippen MR) is 65.6 cm³/mol. The van der Waals surface area contributed by atoms with Crippen LogP contribution in [-0.4, -0.2) is 73.4 Å². The zero-order chi connectivity index (χ0) is 11.5. The number of hydrogen-bond acceptors (Lipinski definition) is 4. The summed E-state index contributed by atoms with van der Waals surface area (Å²) in [4.78, 5) is 4.78. The third-order valence-corrected chi connectivity index (χ3v) is 3.73. The fraction of sp³-hybridized carbons (Fsp3) is 1.00. The molecule has 2 atom stereocenters. The molecule has 0 bridgehead atoms. The molecule has 2 rings (SSSR count). The van der Waals surface area contributed by atoms with Gasteiger partial charge in [0, 0.05) is 31.2 Å². The van der Waals surface area contributed by atoms with E-state index >= 15 is 0 Å². The third-order valence-electron chi connectivity index (χ3n) is 3.73. The highest BCUT2D eigenvalue weighted by Gasteiger charge is 2.28. The van der Waals surface area contributed by atoms with Crippen molar-refractivity contribution in [2.75, 3.05) is 40.3 Å². The van der Waals surface area contributed by atoms with Crippen LogP contribution in [-0.2, 0) is 0 Å². The predicted octanol–water partition coefficient (Wildman–Crippen LogP) is -0.265. The third kappa shape index (κ3) is 3.42. The average Bonchev–Trinajstić information content (AvgIpc) is 2.93. The van der Waals surface area contributed by atoms with Gasteiger partial charge < -0.3 is 20.2 Å². The number of likely N-dealkylation sites (tertiary alicyclic amines) is 1. The van der Waals surface area contributed by atoms with Crippen molar-refractivity contribution in [3.63, 3.8) is 0 Å². The molecule has 0 radical (unpaired) electrons. The first-order valence-corrected chi connectivity index (χ1v) is 6.44. The lowest BCUT2D eigenvalue weighted by Crippen LogP contribution is -2.44. The lowest BCUT2D eigenvalue weighted by atomic mass is 10.2. The first-order valence-electron chi connectivity index (χ1n) is 6.44. The van der Waals surface area contributed by atoms with Crippen molar-refractivity contribution in [2.24, 2.45) is 0 Å². The maximum absolute atomic E-state index is 9.34. The van der Waals surface area contributed by atoms with Gasteiger partial charge in [-0.1, -0.05) is 0 Å². The second-order valence-corrected chi connectivity index (χ2v) is 5.49. The van der Waals surface area contributed by atoms with Crippen LogP contribution < -0.4 is 5.32 Å². The molecule has 2 aliphatic rings. The van der Waals surface area contributed by atoms with Gasteiger partial charge in [-0.15, -0.1) is 0 Å². The van der Waals surface area contributed by atoms with Crippen LogP contribution in [0.2, 0.25) is 0 Å². The number of aliphatic hydroxyl groups is 1. The molecule has 1 saturated heterocycles. The number of nitrogens with one attached hydrogen (secondary N) is 1. The van der Waals surface area contributed by atoms with Crippen LogP contribution in [0.25, 0.3) is 0 Å². The Morgan fingerprint density at radius 2 is 2.12 bits per heavy atom. The highest BCUT2D eigenvalue weighted by atomic mass is 16.3. The maximum atomic E-state index is 9.34. The molecule has 4 heteroatoms. The first kappa shape index (κ1) is 12.3. The van der Waals surface area contributed by atoms with Crippen LogP contribution in [0.15, 0.2) is 0 Å². The van der Waals surface area contributed by atoms with Crippen LogP contribution in [0, 0.1) is 0 Å². The van der Waals surface area contributed by atoms with E-state index < -0.39 is 0 Å². The summed E-state index contributed by atoms with van der Waals surface area (Å²) < 4.78 is 0. The molecule has 1 aliphatic heterocycles. The summed E-state index contributed by atoms with van der Waals surface area (Å²) in [5.74, 6) is 0. The lowest BCUT2D eigenvalue weighted by molar-refractivity contribution is 0.189. The molecule has 0 spiro atoms. The molecular weight excluding hydrogens is 202 g/mol. The van der Waals surface area contributed by atoms with Gasteiger partial charge in [0.15, 0.2) is 0 Å². The highest BCUT2D eigenvalue weighted by Crippen LogP contribution is 2.20. The monoisotopic (exact) mass is 227 g/mol. The average molecular weight is 227 g/mol. The molecule has 4 nitrogen and oxygen atoms in total. The second-order valence-electron chi connectivity index (χ2n) is 5.49. The van der Waals surface area contributed by atoms with Crippen molar-refractivity contribution in [1.82, 2.24) is 15.1 Å². The Labute approximate surface area is 98.6 Å². The standard InChI is InChI=1S/C12H25N3O/c1-14(2)12-5-6-15(8-12)7-11(9-16)13-10-3-4-10/h10-13,16H,3-9H2,1-2H3. The molecule has 1 saturated carbocycles. The van der Waals surface area contributed by atoms with Crippen molar-refractivity contribution in [1.29, 1.82) is 0 Å². The largest absolute Gasteiger partial charge is 0.395 e. The van der Waals surface area contributed by atoms with Crippen molar-refractivity contribution < 1.29 is 5.11 Å². The summed E-state index contributed by atoms with van der Waals surface area (Å²) in [6.45, 7) is 3.58. The van der Waals surface area contributed by atoms with Crippen LogP contribution in [0.5, 0.6) is 0 Å². The quantitative estimate of drug-likeness (QED) is 0.655. The van der Waals surface area contributed by atoms with E-state index in [-0.39, 0.29) is 12.6 Å². The van der Waals surface area contributed by atoms with Crippen molar-refractivity contribution in [3.8, 4) is 0 Å². The Kier molecular flexibility index (Phi) is 4.19. The number of hydrogen-bond donors (Lipinski definition) is 2. The molecule has 2 unspecified atom stereocenters. The summed E-state index contributed by atoms with van der Waals surface area (Å²) in [5, 5.41) is 12.8. The van der Waals surface area contributed by atoms with E-state index in [1.54, 1.807) is 0 Å². The summed E-state index contributed by atoms with van der Waals surface area (Å²) in [6, 6.07) is 1.65. The Morgan fingerprint density at radius 1 is 1.38 bits per heavy atom. The molecule has 2 N–H and O–H groups in total. The van der Waals surface area contributed by atoms with Gasteiger partial charge in [0.1, 0.15) is 0 Å². The molecular formula is C12H25N3O. The molecule has 1 aliphatic carbocycles. The molecule has 94 valence electrons. The Balaban J connectivity index is 1.71. The molecule has 0 aromatic carbocycles. The normalized spacial score (nSPS) is 28.9. The topological polar surface area (TPSA) is 38.7 Å². The molecule has 16 heavy (non-hydrogen) atoms. The van der Waals surface area contributed by atoms with Gasteiger partial charge in [0.2, 0.25) is 0 Å². The van der Waals surface area contributed by atoms with Crippen molar-refractivity contribution in [3.05, 3.63) is 0 Å². The highest BCUT2D eigenvalue weighted by molar-refractivity contribution is 4.88. The van der Waals surface area contributed by atoms with Crippen LogP contribution in [0.1, 0.15) is 19.3 Å². The van der Waals surface area contributed by atoms with E-state index in [9.17, 15) is 5.11 Å². The van der Waals surface area contributed by atoms with E-state index in [1.165, 1.54) is 25.8 Å². The lowest BCUT2D eigenvalue weighted by Gasteiger charge is -2.24. The molecule has 0 amide bonds. The molecule has 0 aromatic rings. The fourth-order valence-corrected chi connectivity index (χ4v) is 2.46. The Bertz CT molecular complexity index is 218. The van der Waals surface area contributed by atoms with Crippen molar-refractivity contribution >= 4 is 0 Å². The number of rotatable bonds is 6. The zero-order valence-electron chi connectivity index (χ0n) is 10.5. The van der Waals surface area contributed by atoms with E-state index in [2.05, 4.69) is 29.2 Å². The SMILES string of the molecule is CN(C)C1CCN(CC(CO)NC2CC2)C1. The van der Waals surface area contributed by atoms with Crippen LogP contribution >= 0.6 is 0 Å². The van der Waals surface area contributed by atoms with E-state index in [4.69, 9.17) is 0 Å². The number of likely N-dealkylation sites (N-methyl/N-ethyl adjacent to an activating group) is 1. The first-order chi connectivity index (χ1) is 7.69. The van der Waals surface area contributed by atoms with E-state index in [0.29, 0.717) is 12.1 Å². The minimum atomic E-state index is 0.264. The summed E-state index contributed by atoms with van der Waals surface area (Å²) >= 11 is 0. The zero-order valence-corrected chi connectivity index (χ0v) is 10.5. The van der Waals surface area contributed by atoms with E-state index in [0.717, 1.165) is 13.1 Å². The van der Waals surface area contributed by atoms with Crippen LogP contribution in [0.3, 0.4) is 0 Å². The van der Waals surface area contributed by atoms with Gasteiger partial charge in [-0.3, -0.25) is 0 Å². The van der Waals surface area contributed by atoms with Gasteiger partial charge in [0.25, 0.3) is 0 Å². The Hall–Kier alpha value is -0.160. The smallest absolute Gasteiger partial charge is 0.0597 e. The van der Waals surface area contributed by atoms with Gasteiger partial charge >= 0.3 is 0 Å². The molecule has 2 fully saturated rings. The van der Waals surface area contributed by atoms with Gasteiger partial charge in [-0.25, -0.2) is 0 Å². The second kappa shape index (κ2) is 5.45. The maximum Gasteiger partial charge on any atom is 0.0597 e. The number of nitrogens with zero attached hydrogens (tertiary/aromatic N) is 2. The fourth-order valence-electron chi connectivity index (χ4n) is 2.46. The van der Waals surface area contributed by atoms with Crippen molar-refractivity contribution in [2.45, 2.75) is 37.4 Å². The van der Waals surface area contributed by atoms with Gasteiger partial charge in [-0.2, -0.15) is 0 Å². The summed E-state index contributed by atoms with van der Waals surface area (Å²) in [7, 11) is 4.31. The summed E-state index contributed by atoms with van der Waals surface area (Å²) in [6.07, 6.45) is 3.84. The van der Waals surface area contributed by atoms with E-state index in [1.807, 2.05) is 0 Å². The molecule has 1 heterocycles. The summed E-state index contributed by atoms with van der Waals surface area (Å²) in [5.41, 5.74) is 0. The number of aliphatic hydroxyl groups excluding tert-OH is 1. The van der Waals surface area contributed by atoms with Crippen LogP contribution in [0.4, 0.5) is 0 Å². The minimum absolute atomic E-state index is 0.264. The Morgan fingerprint density at radius 3 is 2.62 bits per heavy atom. The molecule has 0 aromatic heterocycles. The van der Waals surface area contributed by atoms with Gasteiger partial charge in [-0.05, 0) is 39.9 Å². The minimum Gasteiger partial charge on any atom is -0.395 e.